The molecule has 1 aromatic heterocycles. The minimum atomic E-state index is -3.91. The van der Waals surface area contributed by atoms with E-state index in [1.807, 2.05) is 0 Å². The highest BCUT2D eigenvalue weighted by Gasteiger charge is 2.24. The zero-order valence-corrected chi connectivity index (χ0v) is 11.9. The highest BCUT2D eigenvalue weighted by atomic mass is 32.2. The van der Waals surface area contributed by atoms with Crippen LogP contribution in [0.15, 0.2) is 23.1 Å². The molecule has 0 spiro atoms. The van der Waals surface area contributed by atoms with Crippen LogP contribution in [0.2, 0.25) is 0 Å². The monoisotopic (exact) mass is 301 g/mol. The van der Waals surface area contributed by atoms with E-state index in [1.54, 1.807) is 20.9 Å². The Labute approximate surface area is 115 Å². The molecule has 2 aromatic rings. The smallest absolute Gasteiger partial charge is 0.265 e. The van der Waals surface area contributed by atoms with Crippen LogP contribution in [0.1, 0.15) is 11.4 Å². The van der Waals surface area contributed by atoms with E-state index in [0.29, 0.717) is 11.4 Å². The number of halogens is 2. The predicted octanol–water partition coefficient (Wildman–Crippen LogP) is 2.12. The second kappa shape index (κ2) is 4.86. The Balaban J connectivity index is 2.43. The number of aryl methyl sites for hydroxylation is 2. The quantitative estimate of drug-likeness (QED) is 0.944. The Bertz CT molecular complexity index is 769. The molecule has 1 N–H and O–H groups in total. The van der Waals surface area contributed by atoms with Crippen LogP contribution in [0.25, 0.3) is 0 Å². The number of hydrogen-bond donors (Lipinski definition) is 1. The second-order valence-electron chi connectivity index (χ2n) is 4.36. The van der Waals surface area contributed by atoms with Crippen LogP contribution in [-0.2, 0) is 17.1 Å². The average molecular weight is 301 g/mol. The molecule has 0 radical (unpaired) electrons. The van der Waals surface area contributed by atoms with Gasteiger partial charge in [-0.05, 0) is 26.0 Å². The maximum atomic E-state index is 13.1. The molecular weight excluding hydrogens is 288 g/mol. The lowest BCUT2D eigenvalue weighted by Gasteiger charge is -2.08. The third-order valence-corrected chi connectivity index (χ3v) is 4.52. The van der Waals surface area contributed by atoms with Crippen LogP contribution in [-0.4, -0.2) is 18.2 Å². The molecule has 20 heavy (non-hydrogen) atoms. The molecule has 0 fully saturated rings. The largest absolute Gasteiger partial charge is 0.279 e. The number of rotatable bonds is 3. The second-order valence-corrected chi connectivity index (χ2v) is 5.98. The molecule has 0 amide bonds. The zero-order valence-electron chi connectivity index (χ0n) is 11.1. The van der Waals surface area contributed by atoms with Gasteiger partial charge in [-0.1, -0.05) is 0 Å². The minimum Gasteiger partial charge on any atom is -0.279 e. The van der Waals surface area contributed by atoms with E-state index in [2.05, 4.69) is 9.82 Å². The van der Waals surface area contributed by atoms with Gasteiger partial charge in [-0.15, -0.1) is 0 Å². The Morgan fingerprint density at radius 2 is 1.85 bits per heavy atom. The number of hydrogen-bond acceptors (Lipinski definition) is 3. The van der Waals surface area contributed by atoms with E-state index < -0.39 is 21.7 Å². The van der Waals surface area contributed by atoms with Crippen LogP contribution >= 0.6 is 0 Å². The van der Waals surface area contributed by atoms with Crippen LogP contribution < -0.4 is 4.72 Å². The van der Waals surface area contributed by atoms with Gasteiger partial charge in [0.1, 0.15) is 4.90 Å². The van der Waals surface area contributed by atoms with Gasteiger partial charge in [0.15, 0.2) is 11.6 Å². The number of nitrogens with zero attached hydrogens (tertiary/aromatic N) is 2. The molecule has 108 valence electrons. The molecule has 0 unspecified atom stereocenters. The summed E-state index contributed by atoms with van der Waals surface area (Å²) >= 11 is 0. The molecular formula is C12H13F2N3O2S. The lowest BCUT2D eigenvalue weighted by Crippen LogP contribution is -2.15. The number of anilines is 1. The van der Waals surface area contributed by atoms with E-state index in [4.69, 9.17) is 0 Å². The van der Waals surface area contributed by atoms with Gasteiger partial charge < -0.3 is 0 Å². The number of aromatic nitrogens is 2. The van der Waals surface area contributed by atoms with Gasteiger partial charge in [0, 0.05) is 13.1 Å². The molecule has 5 nitrogen and oxygen atoms in total. The predicted molar refractivity (Wildman–Crippen MR) is 69.8 cm³/mol. The molecule has 1 aromatic carbocycles. The first kappa shape index (κ1) is 14.4. The molecule has 0 aliphatic rings. The molecule has 1 heterocycles. The maximum absolute atomic E-state index is 13.1. The summed E-state index contributed by atoms with van der Waals surface area (Å²) < 4.78 is 54.1. The summed E-state index contributed by atoms with van der Waals surface area (Å²) in [6.07, 6.45) is 0. The van der Waals surface area contributed by atoms with Crippen molar-refractivity contribution in [3.05, 3.63) is 41.2 Å². The van der Waals surface area contributed by atoms with E-state index >= 15 is 0 Å². The summed E-state index contributed by atoms with van der Waals surface area (Å²) in [5.41, 5.74) is 0.740. The van der Waals surface area contributed by atoms with Crippen molar-refractivity contribution in [1.82, 2.24) is 9.78 Å². The fraction of sp³-hybridized carbons (Fsp3) is 0.250. The highest BCUT2D eigenvalue weighted by molar-refractivity contribution is 7.92. The van der Waals surface area contributed by atoms with Crippen LogP contribution in [0.5, 0.6) is 0 Å². The van der Waals surface area contributed by atoms with Gasteiger partial charge in [-0.3, -0.25) is 9.40 Å². The van der Waals surface area contributed by atoms with Crippen molar-refractivity contribution in [3.63, 3.8) is 0 Å². The Morgan fingerprint density at radius 3 is 2.35 bits per heavy atom. The summed E-state index contributed by atoms with van der Waals surface area (Å²) in [7, 11) is -2.28. The van der Waals surface area contributed by atoms with E-state index in [0.717, 1.165) is 18.2 Å². The third-order valence-electron chi connectivity index (χ3n) is 2.88. The summed E-state index contributed by atoms with van der Waals surface area (Å²) in [6.45, 7) is 3.17. The molecule has 0 saturated heterocycles. The summed E-state index contributed by atoms with van der Waals surface area (Å²) in [4.78, 5) is 0.0322. The van der Waals surface area contributed by atoms with Crippen molar-refractivity contribution in [1.29, 1.82) is 0 Å². The van der Waals surface area contributed by atoms with Crippen molar-refractivity contribution in [3.8, 4) is 0 Å². The maximum Gasteiger partial charge on any atom is 0.265 e. The van der Waals surface area contributed by atoms with Gasteiger partial charge in [-0.2, -0.15) is 5.10 Å². The summed E-state index contributed by atoms with van der Waals surface area (Å²) in [5.74, 6) is -2.16. The first-order chi connectivity index (χ1) is 9.22. The van der Waals surface area contributed by atoms with Crippen LogP contribution in [0.4, 0.5) is 14.5 Å². The Kier molecular flexibility index (Phi) is 3.51. The van der Waals surface area contributed by atoms with Crippen molar-refractivity contribution < 1.29 is 17.2 Å². The van der Waals surface area contributed by atoms with Crippen molar-refractivity contribution in [2.45, 2.75) is 18.7 Å². The van der Waals surface area contributed by atoms with Gasteiger partial charge in [0.25, 0.3) is 10.0 Å². The molecule has 0 saturated carbocycles. The molecule has 0 aliphatic carbocycles. The first-order valence-corrected chi connectivity index (χ1v) is 7.19. The van der Waals surface area contributed by atoms with Crippen molar-refractivity contribution >= 4 is 15.7 Å². The van der Waals surface area contributed by atoms with E-state index in [1.165, 1.54) is 4.68 Å². The minimum absolute atomic E-state index is 0.0322. The number of sulfonamides is 1. The number of nitrogens with one attached hydrogen (secondary N) is 1. The SMILES string of the molecule is Cc1nn(C)c(C)c1S(=O)(=O)Nc1ccc(F)c(F)c1. The third kappa shape index (κ3) is 2.51. The van der Waals surface area contributed by atoms with Gasteiger partial charge in [0.05, 0.1) is 17.1 Å². The normalized spacial score (nSPS) is 11.7. The van der Waals surface area contributed by atoms with Gasteiger partial charge >= 0.3 is 0 Å². The van der Waals surface area contributed by atoms with Gasteiger partial charge in [-0.25, -0.2) is 17.2 Å². The molecule has 2 rings (SSSR count). The summed E-state index contributed by atoms with van der Waals surface area (Å²) in [6, 6.07) is 2.79. The average Bonchev–Trinajstić information content (AvgIpc) is 2.58. The van der Waals surface area contributed by atoms with Gasteiger partial charge in [0.2, 0.25) is 0 Å². The fourth-order valence-electron chi connectivity index (χ4n) is 1.91. The first-order valence-electron chi connectivity index (χ1n) is 5.70. The standard InChI is InChI=1S/C12H13F2N3O2S/c1-7-12(8(2)17(3)15-7)20(18,19)16-9-4-5-10(13)11(14)6-9/h4-6,16H,1-3H3. The molecule has 0 atom stereocenters. The van der Waals surface area contributed by atoms with Crippen molar-refractivity contribution in [2.75, 3.05) is 4.72 Å². The van der Waals surface area contributed by atoms with Crippen molar-refractivity contribution in [2.24, 2.45) is 7.05 Å². The lowest BCUT2D eigenvalue weighted by atomic mass is 10.3. The fourth-order valence-corrected chi connectivity index (χ4v) is 3.40. The highest BCUT2D eigenvalue weighted by Crippen LogP contribution is 2.22. The Hall–Kier alpha value is -1.96. The van der Waals surface area contributed by atoms with E-state index in [-0.39, 0.29) is 10.6 Å². The van der Waals surface area contributed by atoms with Crippen LogP contribution in [0.3, 0.4) is 0 Å². The molecule has 8 heteroatoms. The van der Waals surface area contributed by atoms with E-state index in [9.17, 15) is 17.2 Å². The zero-order chi connectivity index (χ0) is 15.1. The lowest BCUT2D eigenvalue weighted by molar-refractivity contribution is 0.509. The Morgan fingerprint density at radius 1 is 1.20 bits per heavy atom. The number of benzene rings is 1. The molecule has 0 aliphatic heterocycles. The molecule has 0 bridgehead atoms. The topological polar surface area (TPSA) is 64.0 Å². The van der Waals surface area contributed by atoms with Crippen LogP contribution in [0, 0.1) is 25.5 Å². The summed E-state index contributed by atoms with van der Waals surface area (Å²) in [5, 5.41) is 4.01.